The molecule has 0 unspecified atom stereocenters. The normalized spacial score (nSPS) is 14.1. The Bertz CT molecular complexity index is 4050. The second-order valence-electron chi connectivity index (χ2n) is 23.1. The summed E-state index contributed by atoms with van der Waals surface area (Å²) in [7, 11) is 0. The van der Waals surface area contributed by atoms with Crippen molar-refractivity contribution in [3.63, 3.8) is 0 Å². The van der Waals surface area contributed by atoms with Crippen LogP contribution in [0.4, 0.5) is 34.1 Å². The maximum Gasteiger partial charge on any atom is 0.264 e. The average molecular weight is 928 g/mol. The van der Waals surface area contributed by atoms with Crippen molar-refractivity contribution in [2.45, 2.75) is 85.5 Å². The highest BCUT2D eigenvalue weighted by Gasteiger charge is 2.49. The van der Waals surface area contributed by atoms with Gasteiger partial charge < -0.3 is 14.4 Å². The van der Waals surface area contributed by atoms with Gasteiger partial charge in [0.1, 0.15) is 0 Å². The van der Waals surface area contributed by atoms with Gasteiger partial charge in [0, 0.05) is 57.2 Å². The summed E-state index contributed by atoms with van der Waals surface area (Å²) in [4.78, 5) is 5.41. The lowest BCUT2D eigenvalue weighted by Crippen LogP contribution is -2.61. The molecule has 3 aliphatic rings. The van der Waals surface area contributed by atoms with Gasteiger partial charge in [-0.2, -0.15) is 0 Å². The Morgan fingerprint density at radius 2 is 1.09 bits per heavy atom. The summed E-state index contributed by atoms with van der Waals surface area (Å²) in [6, 6.07) is 56.6. The first-order valence-electron chi connectivity index (χ1n) is 24.6. The first kappa shape index (κ1) is 41.4. The van der Waals surface area contributed by atoms with E-state index in [0.29, 0.717) is 0 Å². The molecule has 69 heavy (non-hydrogen) atoms. The van der Waals surface area contributed by atoms with Gasteiger partial charge in [0.05, 0.1) is 39.5 Å². The Kier molecular flexibility index (Phi) is 8.28. The minimum Gasteiger partial charge on any atom is -0.309 e. The molecule has 0 fully saturated rings. The lowest BCUT2D eigenvalue weighted by molar-refractivity contribution is 0.590. The summed E-state index contributed by atoms with van der Waals surface area (Å²) in [5.74, 6) is 0. The van der Waals surface area contributed by atoms with E-state index in [4.69, 9.17) is 0 Å². The van der Waals surface area contributed by atoms with Gasteiger partial charge in [-0.15, -0.1) is 22.7 Å². The molecule has 0 spiro atoms. The van der Waals surface area contributed by atoms with Crippen LogP contribution in [0.3, 0.4) is 0 Å². The van der Waals surface area contributed by atoms with Gasteiger partial charge in [-0.05, 0) is 140 Å². The highest BCUT2D eigenvalue weighted by atomic mass is 32.1. The van der Waals surface area contributed by atoms with Crippen LogP contribution in [0.5, 0.6) is 0 Å². The van der Waals surface area contributed by atoms with Gasteiger partial charge in [-0.3, -0.25) is 0 Å². The van der Waals surface area contributed by atoms with E-state index in [1.165, 1.54) is 141 Å². The van der Waals surface area contributed by atoms with E-state index in [2.05, 4.69) is 229 Å². The number of hydrogen-bond acceptors (Lipinski definition) is 4. The monoisotopic (exact) mass is 927 g/mol. The molecule has 0 atom stereocenters. The molecular weight excluding hydrogens is 874 g/mol. The molecule has 6 heterocycles. The topological polar surface area (TPSA) is 11.4 Å². The van der Waals surface area contributed by atoms with Gasteiger partial charge in [0.25, 0.3) is 6.71 Å². The molecule has 0 aliphatic carbocycles. The van der Waals surface area contributed by atoms with Crippen molar-refractivity contribution in [3.05, 3.63) is 168 Å². The highest BCUT2D eigenvalue weighted by molar-refractivity contribution is 7.33. The summed E-state index contributed by atoms with van der Waals surface area (Å²) < 4.78 is 8.01. The molecule has 3 aliphatic heterocycles. The number of nitrogens with zero attached hydrogens (tertiary/aromatic N) is 3. The predicted molar refractivity (Wildman–Crippen MR) is 303 cm³/mol. The molecule has 0 saturated carbocycles. The molecule has 336 valence electrons. The van der Waals surface area contributed by atoms with E-state index in [0.717, 1.165) is 0 Å². The number of benzene rings is 8. The Morgan fingerprint density at radius 1 is 0.435 bits per heavy atom. The van der Waals surface area contributed by atoms with Crippen LogP contribution >= 0.6 is 22.7 Å². The number of rotatable bonds is 2. The Morgan fingerprint density at radius 3 is 1.84 bits per heavy atom. The van der Waals surface area contributed by atoms with Crippen LogP contribution in [0.15, 0.2) is 146 Å². The second kappa shape index (κ2) is 13.8. The number of anilines is 6. The summed E-state index contributed by atoms with van der Waals surface area (Å²) >= 11 is 3.90. The smallest absolute Gasteiger partial charge is 0.264 e. The molecule has 14 rings (SSSR count). The first-order chi connectivity index (χ1) is 33.0. The van der Waals surface area contributed by atoms with Crippen LogP contribution in [0, 0.1) is 6.92 Å². The van der Waals surface area contributed by atoms with Gasteiger partial charge in [-0.1, -0.05) is 135 Å². The van der Waals surface area contributed by atoms with Crippen molar-refractivity contribution < 1.29 is 0 Å². The Labute approximate surface area is 413 Å². The number of aromatic nitrogens is 1. The van der Waals surface area contributed by atoms with Gasteiger partial charge in [0.15, 0.2) is 0 Å². The first-order valence-corrected chi connectivity index (χ1v) is 26.3. The quantitative estimate of drug-likeness (QED) is 0.160. The molecule has 0 N–H and O–H groups in total. The zero-order valence-corrected chi connectivity index (χ0v) is 42.7. The number of thiophene rings is 2. The largest absolute Gasteiger partial charge is 0.309 e. The molecule has 11 aromatic rings. The average Bonchev–Trinajstić information content (AvgIpc) is 4.00. The van der Waals surface area contributed by atoms with E-state index in [1.807, 2.05) is 22.7 Å². The van der Waals surface area contributed by atoms with Crippen molar-refractivity contribution >= 4 is 131 Å². The Balaban J connectivity index is 1.17. The standard InChI is InChI=1S/C63H54BN3S2/c1-35-27-48-56-49(28-35)67-50-33-39(62(5,6)7)31-43-42-30-38(61(2,3)4)24-25-46(42)65(57(43)50)51-34-40(63(8,9)10)32-45(59(51)67)64(56)60-58(44-29-37(23-26-53(44)69-60)36-17-12-11-13-18-36)66(48)47-20-16-22-54-55(47)41-19-14-15-21-52(41)68-54/h11-34H,1-10H3. The molecule has 0 amide bonds. The van der Waals surface area contributed by atoms with Crippen LogP contribution in [0.25, 0.3) is 68.9 Å². The van der Waals surface area contributed by atoms with Gasteiger partial charge in [-0.25, -0.2) is 0 Å². The number of fused-ring (bicyclic) bond motifs is 14. The zero-order chi connectivity index (χ0) is 47.2. The van der Waals surface area contributed by atoms with Crippen LogP contribution in [0.2, 0.25) is 0 Å². The van der Waals surface area contributed by atoms with Crippen LogP contribution < -0.4 is 25.5 Å². The lowest BCUT2D eigenvalue weighted by atomic mass is 9.35. The summed E-state index contributed by atoms with van der Waals surface area (Å²) in [6.45, 7) is 23.6. The molecule has 0 radical (unpaired) electrons. The van der Waals surface area contributed by atoms with Crippen LogP contribution in [-0.4, -0.2) is 11.3 Å². The molecule has 0 saturated heterocycles. The molecular formula is C63H54BN3S2. The van der Waals surface area contributed by atoms with Gasteiger partial charge >= 0.3 is 0 Å². The minimum absolute atomic E-state index is 0.00214. The summed E-state index contributed by atoms with van der Waals surface area (Å²) in [6.07, 6.45) is 0. The van der Waals surface area contributed by atoms with E-state index in [9.17, 15) is 0 Å². The third-order valence-corrected chi connectivity index (χ3v) is 17.9. The second-order valence-corrected chi connectivity index (χ2v) is 25.3. The van der Waals surface area contributed by atoms with Crippen molar-refractivity contribution in [1.29, 1.82) is 0 Å². The van der Waals surface area contributed by atoms with E-state index in [1.54, 1.807) is 0 Å². The van der Waals surface area contributed by atoms with Crippen molar-refractivity contribution in [3.8, 4) is 16.8 Å². The number of hydrogen-bond donors (Lipinski definition) is 0. The molecule has 6 heteroatoms. The third kappa shape index (κ3) is 5.73. The van der Waals surface area contributed by atoms with Crippen LogP contribution in [0.1, 0.15) is 84.6 Å². The molecule has 0 bridgehead atoms. The third-order valence-electron chi connectivity index (χ3n) is 15.5. The Hall–Kier alpha value is -6.60. The van der Waals surface area contributed by atoms with Crippen molar-refractivity contribution in [1.82, 2.24) is 4.57 Å². The molecule has 8 aromatic carbocycles. The SMILES string of the molecule is Cc1cc2c3c(c1)N1c4c(cc(C(C)(C)C)cc4-n4c5ccc(C(C)(C)C)cc5c5cc(C(C)(C)C)cc1c54)B3c1sc3ccc(-c4ccccc4)cc3c1N2c1cccc2sc3ccccc3c12. The lowest BCUT2D eigenvalue weighted by Gasteiger charge is -2.46. The van der Waals surface area contributed by atoms with E-state index in [-0.39, 0.29) is 23.0 Å². The zero-order valence-electron chi connectivity index (χ0n) is 41.1. The van der Waals surface area contributed by atoms with E-state index >= 15 is 0 Å². The van der Waals surface area contributed by atoms with Crippen molar-refractivity contribution in [2.75, 3.05) is 9.80 Å². The van der Waals surface area contributed by atoms with Crippen molar-refractivity contribution in [2.24, 2.45) is 0 Å². The molecule has 3 nitrogen and oxygen atoms in total. The fraction of sp³-hybridized carbons (Fsp3) is 0.206. The highest BCUT2D eigenvalue weighted by Crippen LogP contribution is 2.56. The van der Waals surface area contributed by atoms with Gasteiger partial charge in [0.2, 0.25) is 0 Å². The van der Waals surface area contributed by atoms with E-state index < -0.39 is 0 Å². The summed E-state index contributed by atoms with van der Waals surface area (Å²) in [5, 5.41) is 6.59. The maximum absolute atomic E-state index is 2.71. The summed E-state index contributed by atoms with van der Waals surface area (Å²) in [5.41, 5.74) is 21.9. The number of aryl methyl sites for hydroxylation is 1. The fourth-order valence-corrected chi connectivity index (χ4v) is 14.5. The minimum atomic E-state index is -0.103. The molecule has 3 aromatic heterocycles. The van der Waals surface area contributed by atoms with Crippen LogP contribution in [-0.2, 0) is 16.2 Å². The predicted octanol–water partition coefficient (Wildman–Crippen LogP) is 16.6. The maximum atomic E-state index is 2.71. The fourth-order valence-electron chi connectivity index (χ4n) is 12.0.